The van der Waals surface area contributed by atoms with Crippen LogP contribution in [0.4, 0.5) is 10.9 Å². The minimum atomic E-state index is -1.14. The minimum absolute atomic E-state index is 0. The molecule has 33 heavy (non-hydrogen) atoms. The number of hydrogen-bond acceptors (Lipinski definition) is 11. The summed E-state index contributed by atoms with van der Waals surface area (Å²) in [5.41, 5.74) is 1.63. The molecular formula is C20H22ClN7O3S2. The lowest BCUT2D eigenvalue weighted by atomic mass is 10.3. The average molecular weight is 508 g/mol. The number of nitrogens with zero attached hydrogens (tertiary/aromatic N) is 6. The molecule has 0 saturated heterocycles. The third-order valence-electron chi connectivity index (χ3n) is 4.48. The molecule has 174 valence electrons. The Morgan fingerprint density at radius 2 is 2.09 bits per heavy atom. The van der Waals surface area contributed by atoms with Crippen LogP contribution in [0.5, 0.6) is 11.5 Å². The molecule has 0 unspecified atom stereocenters. The SMILES string of the molecule is Cc1nn(C)c(C)c1Oc1cc(Sc2ccccn2)cnc1Nc1nc([C@H](O)CO)ns1.Cl. The van der Waals surface area contributed by atoms with Crippen LogP contribution in [0.15, 0.2) is 46.6 Å². The van der Waals surface area contributed by atoms with Gasteiger partial charge in [-0.1, -0.05) is 17.8 Å². The Hall–Kier alpha value is -2.77. The fraction of sp³-hybridized carbons (Fsp3) is 0.250. The van der Waals surface area contributed by atoms with E-state index in [0.717, 1.165) is 32.8 Å². The Balaban J connectivity index is 0.00000306. The van der Waals surface area contributed by atoms with Crippen LogP contribution in [0.1, 0.15) is 23.3 Å². The molecule has 0 amide bonds. The van der Waals surface area contributed by atoms with Crippen molar-refractivity contribution in [1.29, 1.82) is 0 Å². The van der Waals surface area contributed by atoms with Gasteiger partial charge in [0.15, 0.2) is 23.1 Å². The van der Waals surface area contributed by atoms with Gasteiger partial charge in [0.1, 0.15) is 16.8 Å². The summed E-state index contributed by atoms with van der Waals surface area (Å²) in [4.78, 5) is 13.9. The first kappa shape index (κ1) is 24.9. The van der Waals surface area contributed by atoms with Gasteiger partial charge < -0.3 is 20.3 Å². The van der Waals surface area contributed by atoms with Gasteiger partial charge in [-0.15, -0.1) is 12.4 Å². The van der Waals surface area contributed by atoms with Crippen molar-refractivity contribution >= 4 is 46.7 Å². The van der Waals surface area contributed by atoms with E-state index >= 15 is 0 Å². The van der Waals surface area contributed by atoms with Gasteiger partial charge >= 0.3 is 0 Å². The second-order valence-corrected chi connectivity index (χ2v) is 8.64. The van der Waals surface area contributed by atoms with Gasteiger partial charge in [-0.2, -0.15) is 9.47 Å². The molecule has 1 atom stereocenters. The lowest BCUT2D eigenvalue weighted by Gasteiger charge is -2.12. The topological polar surface area (TPSA) is 131 Å². The van der Waals surface area contributed by atoms with Crippen molar-refractivity contribution in [2.45, 2.75) is 29.9 Å². The lowest BCUT2D eigenvalue weighted by molar-refractivity contribution is 0.0897. The first-order valence-corrected chi connectivity index (χ1v) is 11.2. The molecule has 0 aliphatic heterocycles. The molecule has 0 aliphatic rings. The second kappa shape index (κ2) is 10.9. The summed E-state index contributed by atoms with van der Waals surface area (Å²) in [6.07, 6.45) is 2.31. The van der Waals surface area contributed by atoms with E-state index in [1.165, 1.54) is 11.8 Å². The van der Waals surface area contributed by atoms with Crippen molar-refractivity contribution in [3.63, 3.8) is 0 Å². The molecule has 4 aromatic heterocycles. The number of pyridine rings is 2. The molecule has 4 rings (SSSR count). The maximum atomic E-state index is 9.74. The Bertz CT molecular complexity index is 1220. The van der Waals surface area contributed by atoms with Gasteiger partial charge in [0.2, 0.25) is 5.13 Å². The van der Waals surface area contributed by atoms with Crippen molar-refractivity contribution in [3.8, 4) is 11.5 Å². The molecule has 4 aromatic rings. The molecular weight excluding hydrogens is 486 g/mol. The van der Waals surface area contributed by atoms with Crippen molar-refractivity contribution < 1.29 is 14.9 Å². The number of hydrogen-bond donors (Lipinski definition) is 3. The molecule has 3 N–H and O–H groups in total. The summed E-state index contributed by atoms with van der Waals surface area (Å²) < 4.78 is 12.1. The Labute approximate surface area is 204 Å². The molecule has 10 nitrogen and oxygen atoms in total. The van der Waals surface area contributed by atoms with Crippen LogP contribution >= 0.6 is 35.7 Å². The van der Waals surface area contributed by atoms with Crippen LogP contribution < -0.4 is 10.1 Å². The third kappa shape index (κ3) is 5.78. The first-order valence-electron chi connectivity index (χ1n) is 9.61. The maximum Gasteiger partial charge on any atom is 0.208 e. The summed E-state index contributed by atoms with van der Waals surface area (Å²) in [6.45, 7) is 3.35. The molecule has 13 heteroatoms. The van der Waals surface area contributed by atoms with Gasteiger partial charge in [0, 0.05) is 41.9 Å². The van der Waals surface area contributed by atoms with Crippen LogP contribution in [-0.2, 0) is 7.05 Å². The number of aliphatic hydroxyl groups is 2. The second-order valence-electron chi connectivity index (χ2n) is 6.79. The van der Waals surface area contributed by atoms with Crippen LogP contribution in [-0.4, -0.2) is 45.9 Å². The number of rotatable bonds is 8. The predicted octanol–water partition coefficient (Wildman–Crippen LogP) is 3.81. The summed E-state index contributed by atoms with van der Waals surface area (Å²) in [5.74, 6) is 1.69. The van der Waals surface area contributed by atoms with Crippen LogP contribution in [0, 0.1) is 13.8 Å². The molecule has 0 radical (unpaired) electrons. The molecule has 4 heterocycles. The smallest absolute Gasteiger partial charge is 0.208 e. The van der Waals surface area contributed by atoms with E-state index in [0.29, 0.717) is 22.4 Å². The standard InChI is InChI=1S/C20H21N7O3S2.ClH/c1-11-17(12(2)27(3)25-11)30-15-8-13(31-16-6-4-5-7-21-16)9-22-19(15)24-20-23-18(26-32-20)14(29)10-28;/h4-9,14,28-29H,10H2,1-3H3,(H,22,23,24,26);1H/t14-;/m1./s1. The predicted molar refractivity (Wildman–Crippen MR) is 128 cm³/mol. The molecule has 0 spiro atoms. The van der Waals surface area contributed by atoms with Crippen LogP contribution in [0.25, 0.3) is 0 Å². The van der Waals surface area contributed by atoms with Gasteiger partial charge in [0.05, 0.1) is 12.3 Å². The Kier molecular flexibility index (Phi) is 8.21. The third-order valence-corrected chi connectivity index (χ3v) is 6.03. The number of aromatic nitrogens is 6. The summed E-state index contributed by atoms with van der Waals surface area (Å²) in [7, 11) is 1.86. The van der Waals surface area contributed by atoms with Crippen molar-refractivity contribution in [3.05, 3.63) is 53.9 Å². The zero-order valence-electron chi connectivity index (χ0n) is 18.0. The van der Waals surface area contributed by atoms with E-state index < -0.39 is 12.7 Å². The van der Waals surface area contributed by atoms with Gasteiger partial charge in [-0.25, -0.2) is 15.0 Å². The number of halogens is 1. The van der Waals surface area contributed by atoms with E-state index in [2.05, 4.69) is 29.7 Å². The highest BCUT2D eigenvalue weighted by Gasteiger charge is 2.18. The number of aryl methyl sites for hydroxylation is 2. The van der Waals surface area contributed by atoms with Gasteiger partial charge in [-0.3, -0.25) is 4.68 Å². The van der Waals surface area contributed by atoms with E-state index in [9.17, 15) is 5.11 Å². The van der Waals surface area contributed by atoms with E-state index in [4.69, 9.17) is 9.84 Å². The molecule has 0 aliphatic carbocycles. The van der Waals surface area contributed by atoms with E-state index in [1.54, 1.807) is 17.1 Å². The van der Waals surface area contributed by atoms with Crippen molar-refractivity contribution in [2.24, 2.45) is 7.05 Å². The van der Waals surface area contributed by atoms with Gasteiger partial charge in [0.25, 0.3) is 0 Å². The van der Waals surface area contributed by atoms with Gasteiger partial charge in [-0.05, 0) is 26.0 Å². The monoisotopic (exact) mass is 507 g/mol. The summed E-state index contributed by atoms with van der Waals surface area (Å²) >= 11 is 2.51. The number of nitrogens with one attached hydrogen (secondary N) is 1. The zero-order chi connectivity index (χ0) is 22.7. The highest BCUT2D eigenvalue weighted by atomic mass is 35.5. The molecule has 0 fully saturated rings. The number of ether oxygens (including phenoxy) is 1. The molecule has 0 aromatic carbocycles. The Morgan fingerprint density at radius 1 is 1.27 bits per heavy atom. The quantitative estimate of drug-likeness (QED) is 0.323. The highest BCUT2D eigenvalue weighted by molar-refractivity contribution is 7.99. The highest BCUT2D eigenvalue weighted by Crippen LogP contribution is 2.37. The van der Waals surface area contributed by atoms with Crippen LogP contribution in [0.2, 0.25) is 0 Å². The minimum Gasteiger partial charge on any atom is -0.450 e. The van der Waals surface area contributed by atoms with Crippen molar-refractivity contribution in [2.75, 3.05) is 11.9 Å². The number of anilines is 2. The van der Waals surface area contributed by atoms with E-state index in [1.807, 2.05) is 45.2 Å². The van der Waals surface area contributed by atoms with Crippen molar-refractivity contribution in [1.82, 2.24) is 29.1 Å². The lowest BCUT2D eigenvalue weighted by Crippen LogP contribution is -2.04. The fourth-order valence-electron chi connectivity index (χ4n) is 2.80. The Morgan fingerprint density at radius 3 is 2.76 bits per heavy atom. The maximum absolute atomic E-state index is 9.74. The molecule has 0 bridgehead atoms. The summed E-state index contributed by atoms with van der Waals surface area (Å²) in [5, 5.41) is 27.6. The fourth-order valence-corrected chi connectivity index (χ4v) is 4.19. The number of aliphatic hydroxyl groups excluding tert-OH is 2. The first-order chi connectivity index (χ1) is 15.4. The largest absolute Gasteiger partial charge is 0.450 e. The average Bonchev–Trinajstić information content (AvgIpc) is 3.35. The summed E-state index contributed by atoms with van der Waals surface area (Å²) in [6, 6.07) is 7.57. The van der Waals surface area contributed by atoms with E-state index in [-0.39, 0.29) is 18.2 Å². The van der Waals surface area contributed by atoms with Crippen LogP contribution in [0.3, 0.4) is 0 Å². The zero-order valence-corrected chi connectivity index (χ0v) is 20.4. The molecule has 0 saturated carbocycles. The normalized spacial score (nSPS) is 11.7.